The summed E-state index contributed by atoms with van der Waals surface area (Å²) in [5, 5.41) is 6.93. The maximum atomic E-state index is 4.43. The van der Waals surface area contributed by atoms with Crippen molar-refractivity contribution in [3.8, 4) is 0 Å². The molecule has 2 heterocycles. The van der Waals surface area contributed by atoms with Crippen LogP contribution in [0.1, 0.15) is 5.56 Å². The van der Waals surface area contributed by atoms with E-state index in [0.29, 0.717) is 0 Å². The molecule has 15 heavy (non-hydrogen) atoms. The Hall–Kier alpha value is -1.35. The van der Waals surface area contributed by atoms with Gasteiger partial charge in [-0.2, -0.15) is 0 Å². The molecule has 0 saturated carbocycles. The van der Waals surface area contributed by atoms with Crippen LogP contribution in [0.3, 0.4) is 0 Å². The summed E-state index contributed by atoms with van der Waals surface area (Å²) in [6.45, 7) is 1.93. The van der Waals surface area contributed by atoms with E-state index in [2.05, 4.69) is 40.0 Å². The number of thiophene rings is 1. The van der Waals surface area contributed by atoms with Crippen molar-refractivity contribution in [3.05, 3.63) is 35.2 Å². The van der Waals surface area contributed by atoms with Gasteiger partial charge in [-0.05, 0) is 22.4 Å². The van der Waals surface area contributed by atoms with Gasteiger partial charge in [-0.15, -0.1) is 11.3 Å². The quantitative estimate of drug-likeness (QED) is 0.819. The SMILES string of the molecule is c1ccc2c(CC3=NCCN3)csc2c1. The molecular weight excluding hydrogens is 204 g/mol. The minimum Gasteiger partial charge on any atom is -0.372 e. The van der Waals surface area contributed by atoms with Gasteiger partial charge in [-0.25, -0.2) is 0 Å². The van der Waals surface area contributed by atoms with Crippen LogP contribution in [-0.4, -0.2) is 18.9 Å². The van der Waals surface area contributed by atoms with E-state index in [1.165, 1.54) is 15.6 Å². The molecule has 1 aliphatic heterocycles. The third-order valence-electron chi connectivity index (χ3n) is 2.66. The van der Waals surface area contributed by atoms with Crippen LogP contribution in [0.25, 0.3) is 10.1 Å². The molecule has 2 aromatic rings. The van der Waals surface area contributed by atoms with E-state index in [4.69, 9.17) is 0 Å². The molecule has 3 rings (SSSR count). The van der Waals surface area contributed by atoms with Crippen LogP contribution < -0.4 is 5.32 Å². The minimum absolute atomic E-state index is 0.928. The zero-order valence-corrected chi connectivity index (χ0v) is 9.18. The molecule has 0 amide bonds. The number of aliphatic imine (C=N–C) groups is 1. The minimum atomic E-state index is 0.928. The number of rotatable bonds is 2. The van der Waals surface area contributed by atoms with Crippen molar-refractivity contribution < 1.29 is 0 Å². The summed E-state index contributed by atoms with van der Waals surface area (Å²) in [6, 6.07) is 8.56. The number of hydrogen-bond acceptors (Lipinski definition) is 3. The summed E-state index contributed by atoms with van der Waals surface area (Å²) in [6.07, 6.45) is 0.948. The Morgan fingerprint density at radius 1 is 1.33 bits per heavy atom. The normalized spacial score (nSPS) is 15.3. The highest BCUT2D eigenvalue weighted by Crippen LogP contribution is 2.26. The van der Waals surface area contributed by atoms with E-state index in [1.807, 2.05) is 11.3 Å². The first kappa shape index (κ1) is 8.92. The second-order valence-corrected chi connectivity index (χ2v) is 4.60. The van der Waals surface area contributed by atoms with Crippen molar-refractivity contribution in [2.45, 2.75) is 6.42 Å². The summed E-state index contributed by atoms with van der Waals surface area (Å²) in [7, 11) is 0. The van der Waals surface area contributed by atoms with E-state index in [0.717, 1.165) is 25.3 Å². The molecule has 0 saturated heterocycles. The first-order valence-corrected chi connectivity index (χ1v) is 6.04. The Kier molecular flexibility index (Phi) is 2.18. The number of nitrogens with zero attached hydrogens (tertiary/aromatic N) is 1. The lowest BCUT2D eigenvalue weighted by Crippen LogP contribution is -2.20. The molecule has 0 fully saturated rings. The molecule has 0 radical (unpaired) electrons. The number of fused-ring (bicyclic) bond motifs is 1. The third kappa shape index (κ3) is 1.63. The summed E-state index contributed by atoms with van der Waals surface area (Å²) in [5.74, 6) is 1.14. The van der Waals surface area contributed by atoms with Crippen LogP contribution in [0.15, 0.2) is 34.6 Å². The van der Waals surface area contributed by atoms with Gasteiger partial charge in [0.25, 0.3) is 0 Å². The maximum Gasteiger partial charge on any atom is 0.101 e. The van der Waals surface area contributed by atoms with Crippen molar-refractivity contribution in [1.29, 1.82) is 0 Å². The second-order valence-electron chi connectivity index (χ2n) is 3.69. The fourth-order valence-corrected chi connectivity index (χ4v) is 2.88. The van der Waals surface area contributed by atoms with Crippen LogP contribution in [0.4, 0.5) is 0 Å². The molecule has 0 bridgehead atoms. The smallest absolute Gasteiger partial charge is 0.101 e. The van der Waals surface area contributed by atoms with E-state index < -0.39 is 0 Å². The first-order valence-electron chi connectivity index (χ1n) is 5.16. The predicted octanol–water partition coefficient (Wildman–Crippen LogP) is 2.45. The molecule has 76 valence electrons. The van der Waals surface area contributed by atoms with Gasteiger partial charge in [-0.1, -0.05) is 18.2 Å². The average Bonchev–Trinajstić information content (AvgIpc) is 2.89. The van der Waals surface area contributed by atoms with E-state index in [1.54, 1.807) is 0 Å². The van der Waals surface area contributed by atoms with Gasteiger partial charge in [0.05, 0.1) is 6.54 Å². The average molecular weight is 216 g/mol. The van der Waals surface area contributed by atoms with Gasteiger partial charge >= 0.3 is 0 Å². The topological polar surface area (TPSA) is 24.4 Å². The second kappa shape index (κ2) is 3.66. The Labute approximate surface area is 92.7 Å². The molecule has 0 aliphatic carbocycles. The highest BCUT2D eigenvalue weighted by Gasteiger charge is 2.09. The van der Waals surface area contributed by atoms with Gasteiger partial charge in [0.15, 0.2) is 0 Å². The molecule has 3 heteroatoms. The van der Waals surface area contributed by atoms with Gasteiger partial charge in [-0.3, -0.25) is 4.99 Å². The molecular formula is C12H12N2S. The standard InChI is InChI=1S/C12H12N2S/c1-2-4-11-10(3-1)9(8-15-11)7-12-13-5-6-14-12/h1-4,8H,5-7H2,(H,13,14). The van der Waals surface area contributed by atoms with Crippen LogP contribution in [0.2, 0.25) is 0 Å². The number of amidine groups is 1. The summed E-state index contributed by atoms with van der Waals surface area (Å²) < 4.78 is 1.37. The van der Waals surface area contributed by atoms with Crippen molar-refractivity contribution >= 4 is 27.3 Å². The Balaban J connectivity index is 1.97. The van der Waals surface area contributed by atoms with E-state index >= 15 is 0 Å². The number of benzene rings is 1. The van der Waals surface area contributed by atoms with Gasteiger partial charge in [0, 0.05) is 17.7 Å². The van der Waals surface area contributed by atoms with Gasteiger partial charge in [0.2, 0.25) is 0 Å². The molecule has 1 aromatic heterocycles. The summed E-state index contributed by atoms with van der Waals surface area (Å²) in [4.78, 5) is 4.43. The van der Waals surface area contributed by atoms with E-state index in [9.17, 15) is 0 Å². The number of nitrogens with one attached hydrogen (secondary N) is 1. The lowest BCUT2D eigenvalue weighted by atomic mass is 10.1. The van der Waals surface area contributed by atoms with Gasteiger partial charge < -0.3 is 5.32 Å². The van der Waals surface area contributed by atoms with Crippen LogP contribution >= 0.6 is 11.3 Å². The lowest BCUT2D eigenvalue weighted by Gasteiger charge is -2.00. The van der Waals surface area contributed by atoms with Crippen molar-refractivity contribution in [1.82, 2.24) is 5.32 Å². The van der Waals surface area contributed by atoms with Gasteiger partial charge in [0.1, 0.15) is 5.84 Å². The Bertz CT molecular complexity index is 513. The Morgan fingerprint density at radius 3 is 3.13 bits per heavy atom. The highest BCUT2D eigenvalue weighted by molar-refractivity contribution is 7.17. The van der Waals surface area contributed by atoms with Crippen LogP contribution in [0, 0.1) is 0 Å². The molecule has 0 atom stereocenters. The monoisotopic (exact) mass is 216 g/mol. The molecule has 0 unspecified atom stereocenters. The lowest BCUT2D eigenvalue weighted by molar-refractivity contribution is 0.954. The summed E-state index contributed by atoms with van der Waals surface area (Å²) >= 11 is 1.81. The fourth-order valence-electron chi connectivity index (χ4n) is 1.92. The number of hydrogen-bond donors (Lipinski definition) is 1. The van der Waals surface area contributed by atoms with Crippen LogP contribution in [0.5, 0.6) is 0 Å². The fraction of sp³-hybridized carbons (Fsp3) is 0.250. The van der Waals surface area contributed by atoms with Crippen molar-refractivity contribution in [2.24, 2.45) is 4.99 Å². The molecule has 2 nitrogen and oxygen atoms in total. The van der Waals surface area contributed by atoms with Crippen molar-refractivity contribution in [3.63, 3.8) is 0 Å². The third-order valence-corrected chi connectivity index (χ3v) is 3.67. The molecule has 1 N–H and O–H groups in total. The summed E-state index contributed by atoms with van der Waals surface area (Å²) in [5.41, 5.74) is 1.39. The molecule has 1 aromatic carbocycles. The molecule has 0 spiro atoms. The largest absolute Gasteiger partial charge is 0.372 e. The zero-order chi connectivity index (χ0) is 10.1. The van der Waals surface area contributed by atoms with Crippen molar-refractivity contribution in [2.75, 3.05) is 13.1 Å². The zero-order valence-electron chi connectivity index (χ0n) is 8.36. The molecule has 1 aliphatic rings. The highest BCUT2D eigenvalue weighted by atomic mass is 32.1. The van der Waals surface area contributed by atoms with Crippen LogP contribution in [-0.2, 0) is 6.42 Å². The van der Waals surface area contributed by atoms with E-state index in [-0.39, 0.29) is 0 Å². The predicted molar refractivity (Wildman–Crippen MR) is 65.8 cm³/mol. The first-order chi connectivity index (χ1) is 7.43. The maximum absolute atomic E-state index is 4.43. The Morgan fingerprint density at radius 2 is 2.27 bits per heavy atom.